The molecule has 0 nitrogen and oxygen atoms in total. The summed E-state index contributed by atoms with van der Waals surface area (Å²) >= 11 is 5.71. The molecule has 0 aliphatic carbocycles. The van der Waals surface area contributed by atoms with Gasteiger partial charge in [-0.3, -0.25) is 0 Å². The molecule has 14 heavy (non-hydrogen) atoms. The van der Waals surface area contributed by atoms with Crippen LogP contribution >= 0.6 is 11.6 Å². The molecule has 0 aromatic heterocycles. The summed E-state index contributed by atoms with van der Waals surface area (Å²) in [5.74, 6) is 0.604. The Morgan fingerprint density at radius 3 is 2.29 bits per heavy atom. The Labute approximate surface area is 91.6 Å². The van der Waals surface area contributed by atoms with Crippen molar-refractivity contribution in [2.75, 3.05) is 0 Å². The molecule has 0 aliphatic rings. The minimum atomic E-state index is 0.604. The Balaban J connectivity index is 2.59. The van der Waals surface area contributed by atoms with Gasteiger partial charge in [-0.15, -0.1) is 0 Å². The van der Waals surface area contributed by atoms with Gasteiger partial charge in [-0.2, -0.15) is 0 Å². The fraction of sp³-hybridized carbons (Fsp3) is 0.385. The average molecular weight is 209 g/mol. The van der Waals surface area contributed by atoms with Gasteiger partial charge in [-0.05, 0) is 29.9 Å². The summed E-state index contributed by atoms with van der Waals surface area (Å²) in [6.07, 6.45) is 1.85. The molecule has 0 amide bonds. The highest BCUT2D eigenvalue weighted by Gasteiger charge is 1.99. The maximum atomic E-state index is 5.71. The molecule has 0 atom stereocenters. The van der Waals surface area contributed by atoms with Crippen LogP contribution < -0.4 is 0 Å². The van der Waals surface area contributed by atoms with E-state index in [0.29, 0.717) is 5.92 Å². The summed E-state index contributed by atoms with van der Waals surface area (Å²) in [6, 6.07) is 8.73. The van der Waals surface area contributed by atoms with Crippen LogP contribution in [0.4, 0.5) is 0 Å². The Morgan fingerprint density at radius 1 is 1.29 bits per heavy atom. The Morgan fingerprint density at radius 2 is 1.86 bits per heavy atom. The van der Waals surface area contributed by atoms with E-state index in [-0.39, 0.29) is 0 Å². The lowest BCUT2D eigenvalue weighted by molar-refractivity contribution is 0.863. The average Bonchev–Trinajstić information content (AvgIpc) is 2.15. The topological polar surface area (TPSA) is 0 Å². The van der Waals surface area contributed by atoms with Gasteiger partial charge in [0.1, 0.15) is 0 Å². The van der Waals surface area contributed by atoms with Crippen molar-refractivity contribution >= 4 is 11.6 Å². The Kier molecular flexibility index (Phi) is 4.21. The molecule has 0 heterocycles. The van der Waals surface area contributed by atoms with E-state index in [4.69, 9.17) is 11.6 Å². The third-order valence-corrected chi connectivity index (χ3v) is 2.52. The second kappa shape index (κ2) is 5.21. The maximum Gasteiger partial charge on any atom is 0.0112 e. The zero-order valence-electron chi connectivity index (χ0n) is 8.89. The summed E-state index contributed by atoms with van der Waals surface area (Å²) in [5.41, 5.74) is 2.72. The first-order valence-corrected chi connectivity index (χ1v) is 5.39. The van der Waals surface area contributed by atoms with Crippen molar-refractivity contribution in [3.05, 3.63) is 47.0 Å². The van der Waals surface area contributed by atoms with Gasteiger partial charge in [0.15, 0.2) is 0 Å². The molecule has 0 N–H and O–H groups in total. The predicted octanol–water partition coefficient (Wildman–Crippen LogP) is 4.50. The van der Waals surface area contributed by atoms with Crippen LogP contribution in [0.5, 0.6) is 0 Å². The van der Waals surface area contributed by atoms with Gasteiger partial charge in [0, 0.05) is 5.03 Å². The summed E-state index contributed by atoms with van der Waals surface area (Å²) < 4.78 is 0. The maximum absolute atomic E-state index is 5.71. The van der Waals surface area contributed by atoms with Crippen LogP contribution in [0.1, 0.15) is 37.3 Å². The van der Waals surface area contributed by atoms with Crippen LogP contribution in [0.2, 0.25) is 0 Å². The second-order valence-electron chi connectivity index (χ2n) is 3.91. The lowest BCUT2D eigenvalue weighted by Crippen LogP contribution is -1.89. The molecular weight excluding hydrogens is 192 g/mol. The normalized spacial score (nSPS) is 10.6. The van der Waals surface area contributed by atoms with Crippen LogP contribution in [-0.2, 0) is 6.42 Å². The first kappa shape index (κ1) is 11.3. The lowest BCUT2D eigenvalue weighted by Gasteiger charge is -2.06. The summed E-state index contributed by atoms with van der Waals surface area (Å²) in [4.78, 5) is 0. The van der Waals surface area contributed by atoms with Crippen LogP contribution in [0, 0.1) is 0 Å². The molecule has 0 fully saturated rings. The molecule has 0 saturated carbocycles. The predicted molar refractivity (Wildman–Crippen MR) is 63.8 cm³/mol. The number of rotatable bonds is 4. The number of halogens is 1. The van der Waals surface area contributed by atoms with E-state index in [1.165, 1.54) is 11.1 Å². The summed E-state index contributed by atoms with van der Waals surface area (Å²) in [5, 5.41) is 0.734. The molecule has 0 unspecified atom stereocenters. The molecule has 1 heteroatoms. The van der Waals surface area contributed by atoms with Gasteiger partial charge in [-0.1, -0.05) is 56.3 Å². The SMILES string of the molecule is C=C(Cl)CCc1ccc(C(C)C)cc1. The highest BCUT2D eigenvalue weighted by atomic mass is 35.5. The van der Waals surface area contributed by atoms with Gasteiger partial charge in [-0.25, -0.2) is 0 Å². The van der Waals surface area contributed by atoms with Crippen LogP contribution in [0.25, 0.3) is 0 Å². The molecular formula is C13H17Cl. The lowest BCUT2D eigenvalue weighted by atomic mass is 10.0. The van der Waals surface area contributed by atoms with E-state index < -0.39 is 0 Å². The molecule has 0 radical (unpaired) electrons. The number of hydrogen-bond donors (Lipinski definition) is 0. The third kappa shape index (κ3) is 3.55. The van der Waals surface area contributed by atoms with Crippen molar-refractivity contribution in [2.45, 2.75) is 32.6 Å². The Hall–Kier alpha value is -0.750. The molecule has 1 aromatic rings. The zero-order chi connectivity index (χ0) is 10.6. The van der Waals surface area contributed by atoms with Crippen molar-refractivity contribution in [3.8, 4) is 0 Å². The molecule has 1 rings (SSSR count). The van der Waals surface area contributed by atoms with Gasteiger partial charge in [0.25, 0.3) is 0 Å². The second-order valence-corrected chi connectivity index (χ2v) is 4.45. The van der Waals surface area contributed by atoms with Crippen LogP contribution in [0.3, 0.4) is 0 Å². The highest BCUT2D eigenvalue weighted by molar-refractivity contribution is 6.29. The molecule has 0 spiro atoms. The summed E-state index contributed by atoms with van der Waals surface area (Å²) in [7, 11) is 0. The quantitative estimate of drug-likeness (QED) is 0.684. The molecule has 76 valence electrons. The van der Waals surface area contributed by atoms with Crippen molar-refractivity contribution < 1.29 is 0 Å². The van der Waals surface area contributed by atoms with E-state index in [1.54, 1.807) is 0 Å². The van der Waals surface area contributed by atoms with Crippen molar-refractivity contribution in [1.29, 1.82) is 0 Å². The van der Waals surface area contributed by atoms with E-state index in [9.17, 15) is 0 Å². The highest BCUT2D eigenvalue weighted by Crippen LogP contribution is 2.16. The van der Waals surface area contributed by atoms with Crippen LogP contribution in [-0.4, -0.2) is 0 Å². The minimum Gasteiger partial charge on any atom is -0.0898 e. The smallest absolute Gasteiger partial charge is 0.0112 e. The minimum absolute atomic E-state index is 0.604. The number of benzene rings is 1. The summed E-state index contributed by atoms with van der Waals surface area (Å²) in [6.45, 7) is 8.09. The number of aryl methyl sites for hydroxylation is 1. The molecule has 0 saturated heterocycles. The largest absolute Gasteiger partial charge is 0.0898 e. The van der Waals surface area contributed by atoms with E-state index >= 15 is 0 Å². The number of allylic oxidation sites excluding steroid dienone is 1. The molecule has 1 aromatic carbocycles. The van der Waals surface area contributed by atoms with Gasteiger partial charge < -0.3 is 0 Å². The van der Waals surface area contributed by atoms with E-state index in [2.05, 4.69) is 44.7 Å². The monoisotopic (exact) mass is 208 g/mol. The van der Waals surface area contributed by atoms with Gasteiger partial charge >= 0.3 is 0 Å². The first-order chi connectivity index (χ1) is 6.59. The van der Waals surface area contributed by atoms with Crippen LogP contribution in [0.15, 0.2) is 35.9 Å². The van der Waals surface area contributed by atoms with Crippen molar-refractivity contribution in [3.63, 3.8) is 0 Å². The third-order valence-electron chi connectivity index (χ3n) is 2.33. The fourth-order valence-electron chi connectivity index (χ4n) is 1.35. The number of hydrogen-bond acceptors (Lipinski definition) is 0. The van der Waals surface area contributed by atoms with Gasteiger partial charge in [0.05, 0.1) is 0 Å². The fourth-order valence-corrected chi connectivity index (χ4v) is 1.44. The molecule has 0 bridgehead atoms. The van der Waals surface area contributed by atoms with Gasteiger partial charge in [0.2, 0.25) is 0 Å². The zero-order valence-corrected chi connectivity index (χ0v) is 9.64. The first-order valence-electron chi connectivity index (χ1n) is 5.01. The van der Waals surface area contributed by atoms with E-state index in [1.807, 2.05) is 0 Å². The van der Waals surface area contributed by atoms with Crippen molar-refractivity contribution in [2.24, 2.45) is 0 Å². The standard InChI is InChI=1S/C13H17Cl/c1-10(2)13-8-6-12(7-9-13)5-4-11(3)14/h6-10H,3-5H2,1-2H3. The van der Waals surface area contributed by atoms with Crippen molar-refractivity contribution in [1.82, 2.24) is 0 Å². The van der Waals surface area contributed by atoms with E-state index in [0.717, 1.165) is 17.9 Å². The Bertz CT molecular complexity index is 296. The molecule has 0 aliphatic heterocycles.